The van der Waals surface area contributed by atoms with E-state index in [4.69, 9.17) is 0 Å². The molecule has 0 radical (unpaired) electrons. The molecule has 0 bridgehead atoms. The third-order valence-corrected chi connectivity index (χ3v) is 6.35. The maximum absolute atomic E-state index is 13.5. The van der Waals surface area contributed by atoms with Crippen molar-refractivity contribution in [1.29, 1.82) is 0 Å². The number of amides is 1. The molecule has 3 aromatic rings. The molecule has 1 aliphatic carbocycles. The van der Waals surface area contributed by atoms with Crippen molar-refractivity contribution < 1.29 is 13.6 Å². The molecule has 0 spiro atoms. The van der Waals surface area contributed by atoms with Gasteiger partial charge in [0.25, 0.3) is 0 Å². The van der Waals surface area contributed by atoms with Crippen LogP contribution in [0.2, 0.25) is 0 Å². The van der Waals surface area contributed by atoms with Crippen LogP contribution in [0.4, 0.5) is 8.78 Å². The molecule has 1 fully saturated rings. The Kier molecular flexibility index (Phi) is 6.92. The summed E-state index contributed by atoms with van der Waals surface area (Å²) in [5, 5.41) is 10.7. The lowest BCUT2D eigenvalue weighted by Gasteiger charge is -2.18. The summed E-state index contributed by atoms with van der Waals surface area (Å²) >= 11 is 0. The predicted molar refractivity (Wildman–Crippen MR) is 123 cm³/mol. The van der Waals surface area contributed by atoms with Gasteiger partial charge in [-0.15, -0.1) is 0 Å². The number of nitrogens with zero attached hydrogens (tertiary/aromatic N) is 2. The summed E-state index contributed by atoms with van der Waals surface area (Å²) in [6, 6.07) is 14.8. The van der Waals surface area contributed by atoms with E-state index in [2.05, 4.69) is 15.5 Å². The second-order valence-corrected chi connectivity index (χ2v) is 8.71. The van der Waals surface area contributed by atoms with E-state index in [9.17, 15) is 13.6 Å². The molecule has 4 nitrogen and oxygen atoms in total. The highest BCUT2D eigenvalue weighted by molar-refractivity contribution is 5.87. The highest BCUT2D eigenvalue weighted by Gasteiger charge is 2.55. The van der Waals surface area contributed by atoms with Gasteiger partial charge in [-0.25, -0.2) is 8.78 Å². The minimum absolute atomic E-state index is 0.0510. The minimum atomic E-state index is -0.373. The van der Waals surface area contributed by atoms with Crippen molar-refractivity contribution >= 4 is 5.91 Å². The fourth-order valence-electron chi connectivity index (χ4n) is 4.49. The van der Waals surface area contributed by atoms with Crippen molar-refractivity contribution in [2.24, 2.45) is 5.92 Å². The van der Waals surface area contributed by atoms with E-state index in [1.54, 1.807) is 42.7 Å². The van der Waals surface area contributed by atoms with E-state index >= 15 is 0 Å². The molecule has 1 aliphatic rings. The van der Waals surface area contributed by atoms with E-state index < -0.39 is 0 Å². The van der Waals surface area contributed by atoms with Crippen molar-refractivity contribution in [3.05, 3.63) is 107 Å². The van der Waals surface area contributed by atoms with Crippen molar-refractivity contribution in [1.82, 2.24) is 15.5 Å². The van der Waals surface area contributed by atoms with E-state index in [0.29, 0.717) is 0 Å². The summed E-state index contributed by atoms with van der Waals surface area (Å²) in [5.41, 5.74) is 2.69. The van der Waals surface area contributed by atoms with Gasteiger partial charge in [0.05, 0.1) is 6.20 Å². The van der Waals surface area contributed by atoms with Crippen LogP contribution in [0.5, 0.6) is 0 Å². The van der Waals surface area contributed by atoms with Gasteiger partial charge in [-0.1, -0.05) is 30.3 Å². The maximum Gasteiger partial charge on any atom is 0.243 e. The molecule has 1 aromatic heterocycles. The number of nitrogens with one attached hydrogen (secondary N) is 1. The highest BCUT2D eigenvalue weighted by Crippen LogP contribution is 2.59. The van der Waals surface area contributed by atoms with E-state index in [0.717, 1.165) is 42.4 Å². The first-order valence-electron chi connectivity index (χ1n) is 11.2. The summed E-state index contributed by atoms with van der Waals surface area (Å²) in [6.07, 6.45) is 10.4. The number of carbonyl (C=O) groups excluding carboxylic acids is 1. The fraction of sp³-hybridized carbons (Fsp3) is 0.296. The quantitative estimate of drug-likeness (QED) is 0.462. The second-order valence-electron chi connectivity index (χ2n) is 8.71. The molecular formula is C27H27F2N3O. The zero-order chi connectivity index (χ0) is 23.3. The average Bonchev–Trinajstić information content (AvgIpc) is 3.55. The molecule has 4 rings (SSSR count). The van der Waals surface area contributed by atoms with Crippen molar-refractivity contribution in [3.63, 3.8) is 0 Å². The van der Waals surface area contributed by atoms with Crippen LogP contribution in [0.15, 0.2) is 79.1 Å². The number of allylic oxidation sites excluding steroid dienone is 1. The van der Waals surface area contributed by atoms with Crippen LogP contribution >= 0.6 is 0 Å². The number of hydrogen-bond donors (Lipinski definition) is 1. The first-order valence-corrected chi connectivity index (χ1v) is 11.2. The molecule has 1 N–H and O–H groups in total. The van der Waals surface area contributed by atoms with E-state index in [1.807, 2.05) is 19.1 Å². The van der Waals surface area contributed by atoms with Crippen LogP contribution in [-0.4, -0.2) is 22.1 Å². The molecule has 1 saturated carbocycles. The Labute approximate surface area is 192 Å². The van der Waals surface area contributed by atoms with Gasteiger partial charge in [-0.2, -0.15) is 10.2 Å². The lowest BCUT2D eigenvalue weighted by Crippen LogP contribution is -2.31. The van der Waals surface area contributed by atoms with Crippen LogP contribution in [0, 0.1) is 17.6 Å². The molecular weight excluding hydrogens is 420 g/mol. The third kappa shape index (κ3) is 5.51. The van der Waals surface area contributed by atoms with E-state index in [-0.39, 0.29) is 34.9 Å². The van der Waals surface area contributed by atoms with Gasteiger partial charge in [0, 0.05) is 17.7 Å². The van der Waals surface area contributed by atoms with Crippen molar-refractivity contribution in [2.45, 2.75) is 44.1 Å². The highest BCUT2D eigenvalue weighted by atomic mass is 19.1. The number of aryl methyl sites for hydroxylation is 1. The van der Waals surface area contributed by atoms with Crippen LogP contribution in [0.3, 0.4) is 0 Å². The van der Waals surface area contributed by atoms with Crippen LogP contribution in [0.1, 0.15) is 42.9 Å². The lowest BCUT2D eigenvalue weighted by molar-refractivity contribution is -0.117. The van der Waals surface area contributed by atoms with Crippen molar-refractivity contribution in [3.8, 4) is 0 Å². The molecule has 6 heteroatoms. The van der Waals surface area contributed by atoms with Crippen LogP contribution < -0.4 is 5.32 Å². The lowest BCUT2D eigenvalue weighted by atomic mass is 9.85. The summed E-state index contributed by atoms with van der Waals surface area (Å²) in [5.74, 6) is -0.649. The summed E-state index contributed by atoms with van der Waals surface area (Å²) < 4.78 is 27.0. The molecule has 0 aliphatic heterocycles. The second kappa shape index (κ2) is 10.0. The van der Waals surface area contributed by atoms with Gasteiger partial charge in [0.2, 0.25) is 5.91 Å². The number of aromatic nitrogens is 2. The summed E-state index contributed by atoms with van der Waals surface area (Å²) in [6.45, 7) is 2.00. The summed E-state index contributed by atoms with van der Waals surface area (Å²) in [7, 11) is 0. The van der Waals surface area contributed by atoms with Crippen LogP contribution in [-0.2, 0) is 16.6 Å². The first kappa shape index (κ1) is 22.8. The first-order chi connectivity index (χ1) is 16.0. The molecule has 1 amide bonds. The largest absolute Gasteiger partial charge is 0.350 e. The van der Waals surface area contributed by atoms with Gasteiger partial charge < -0.3 is 5.32 Å². The Morgan fingerprint density at radius 2 is 1.70 bits per heavy atom. The monoisotopic (exact) mass is 447 g/mol. The van der Waals surface area contributed by atoms with E-state index in [1.165, 1.54) is 24.3 Å². The molecule has 33 heavy (non-hydrogen) atoms. The standard InChI is InChI=1S/C27H27F2N3O/c1-19(3-2-4-20-15-16-30-31-18-20)32-26(33)14-9-23-17-27(23,21-5-10-24(28)11-6-21)22-7-12-25(29)13-8-22/h5-16,18-19,23H,2-4,17H2,1H3,(H,32,33)/t19-,23-/m0/s1. The molecule has 2 aromatic carbocycles. The normalized spacial score (nSPS) is 17.6. The molecule has 0 saturated heterocycles. The topological polar surface area (TPSA) is 54.9 Å². The predicted octanol–water partition coefficient (Wildman–Crippen LogP) is 5.14. The van der Waals surface area contributed by atoms with Gasteiger partial charge >= 0.3 is 0 Å². The Morgan fingerprint density at radius 3 is 2.27 bits per heavy atom. The fourth-order valence-corrected chi connectivity index (χ4v) is 4.49. The van der Waals surface area contributed by atoms with Crippen LogP contribution in [0.25, 0.3) is 0 Å². The number of benzene rings is 2. The van der Waals surface area contributed by atoms with Gasteiger partial charge in [0.15, 0.2) is 0 Å². The Bertz CT molecular complexity index is 1050. The van der Waals surface area contributed by atoms with Gasteiger partial charge in [-0.05, 0) is 91.6 Å². The third-order valence-electron chi connectivity index (χ3n) is 6.35. The Balaban J connectivity index is 1.37. The van der Waals surface area contributed by atoms with Gasteiger partial charge in [-0.3, -0.25) is 4.79 Å². The minimum Gasteiger partial charge on any atom is -0.350 e. The number of halogens is 2. The number of carbonyl (C=O) groups is 1. The molecule has 170 valence electrons. The average molecular weight is 448 g/mol. The molecule has 0 unspecified atom stereocenters. The van der Waals surface area contributed by atoms with Gasteiger partial charge in [0.1, 0.15) is 11.6 Å². The zero-order valence-electron chi connectivity index (χ0n) is 18.5. The zero-order valence-corrected chi connectivity index (χ0v) is 18.5. The molecule has 2 atom stereocenters. The maximum atomic E-state index is 13.5. The number of hydrogen-bond acceptors (Lipinski definition) is 3. The van der Waals surface area contributed by atoms with Crippen molar-refractivity contribution in [2.75, 3.05) is 0 Å². The summed E-state index contributed by atoms with van der Waals surface area (Å²) in [4.78, 5) is 12.5. The number of rotatable bonds is 9. The smallest absolute Gasteiger partial charge is 0.243 e. The molecule has 1 heterocycles. The SMILES string of the molecule is C[C@@H](CCCc1ccnnc1)NC(=O)C=C[C@H]1CC1(c1ccc(F)cc1)c1ccc(F)cc1. The Morgan fingerprint density at radius 1 is 1.06 bits per heavy atom. The Hall–Kier alpha value is -3.41.